The predicted molar refractivity (Wildman–Crippen MR) is 144 cm³/mol. The molecular weight excluding hydrogens is 549 g/mol. The smallest absolute Gasteiger partial charge is 0.379 e. The van der Waals surface area contributed by atoms with E-state index in [2.05, 4.69) is 5.32 Å². The van der Waals surface area contributed by atoms with Crippen LogP contribution in [0, 0.1) is 5.92 Å². The van der Waals surface area contributed by atoms with Crippen LogP contribution in [0.5, 0.6) is 0 Å². The molecule has 5 N–H and O–H groups in total. The van der Waals surface area contributed by atoms with E-state index in [-0.39, 0.29) is 36.4 Å². The van der Waals surface area contributed by atoms with Crippen molar-refractivity contribution in [3.63, 3.8) is 0 Å². The van der Waals surface area contributed by atoms with Crippen molar-refractivity contribution in [2.75, 3.05) is 31.6 Å². The van der Waals surface area contributed by atoms with Crippen LogP contribution < -0.4 is 11.1 Å². The van der Waals surface area contributed by atoms with Gasteiger partial charge in [0, 0.05) is 31.8 Å². The molecule has 3 atom stereocenters. The minimum Gasteiger partial charge on any atom is -0.379 e. The summed E-state index contributed by atoms with van der Waals surface area (Å²) in [5, 5.41) is 2.37. The maximum atomic E-state index is 13.7. The van der Waals surface area contributed by atoms with Crippen LogP contribution in [0.4, 0.5) is 10.5 Å². The summed E-state index contributed by atoms with van der Waals surface area (Å²) in [4.78, 5) is 30.6. The zero-order valence-corrected chi connectivity index (χ0v) is 23.6. The van der Waals surface area contributed by atoms with Crippen molar-refractivity contribution in [1.29, 1.82) is 0 Å². The number of hydrogen-bond acceptors (Lipinski definition) is 7. The third-order valence-corrected chi connectivity index (χ3v) is 8.33. The lowest BCUT2D eigenvalue weighted by atomic mass is 10.0. The van der Waals surface area contributed by atoms with Gasteiger partial charge in [-0.25, -0.2) is 17.8 Å². The van der Waals surface area contributed by atoms with E-state index in [4.69, 9.17) is 19.7 Å². The zero-order chi connectivity index (χ0) is 28.6. The molecule has 3 unspecified atom stereocenters. The van der Waals surface area contributed by atoms with Gasteiger partial charge in [-0.2, -0.15) is 4.31 Å². The molecule has 39 heavy (non-hydrogen) atoms. The largest absolute Gasteiger partial charge is 0.469 e. The molecule has 0 saturated carbocycles. The van der Waals surface area contributed by atoms with Gasteiger partial charge in [0.15, 0.2) is 0 Å². The highest BCUT2D eigenvalue weighted by atomic mass is 32.2. The fraction of sp³-hybridized carbons (Fsp3) is 0.480. The predicted octanol–water partition coefficient (Wildman–Crippen LogP) is 2.72. The molecule has 1 aliphatic rings. The summed E-state index contributed by atoms with van der Waals surface area (Å²) >= 11 is 0. The van der Waals surface area contributed by atoms with Crippen molar-refractivity contribution in [2.24, 2.45) is 11.7 Å². The van der Waals surface area contributed by atoms with Crippen LogP contribution in [-0.2, 0) is 35.0 Å². The average molecular weight is 586 g/mol. The normalized spacial score (nSPS) is 17.8. The molecule has 1 aliphatic heterocycles. The maximum absolute atomic E-state index is 13.7. The Labute approximate surface area is 228 Å². The lowest BCUT2D eigenvalue weighted by Gasteiger charge is -2.34. The highest BCUT2D eigenvalue weighted by Crippen LogP contribution is 2.40. The third kappa shape index (κ3) is 9.96. The topological polar surface area (TPSA) is 178 Å². The first-order valence-corrected chi connectivity index (χ1v) is 15.5. The molecule has 14 heteroatoms. The van der Waals surface area contributed by atoms with E-state index >= 15 is 0 Å². The van der Waals surface area contributed by atoms with E-state index in [0.29, 0.717) is 25.3 Å². The van der Waals surface area contributed by atoms with Crippen molar-refractivity contribution in [1.82, 2.24) is 4.31 Å². The standard InChI is InChI=1S/C25H36N3O9PS/c1-18(2)15-28(39(33,34)22-10-8-20(9-11-22)27-25(26)29)16-24(37-38(30,31)32)23(36-21-12-13-35-17-21)14-19-6-4-3-5-7-19/h3-11,18,21,23-24H,12-17H2,1-2H3,(H3,26,27,29)(H2,30,31,32). The quantitative estimate of drug-likeness (QED) is 0.243. The van der Waals surface area contributed by atoms with Crippen molar-refractivity contribution >= 4 is 29.6 Å². The Balaban J connectivity index is 1.96. The highest BCUT2D eigenvalue weighted by Gasteiger charge is 2.37. The molecule has 12 nitrogen and oxygen atoms in total. The third-order valence-electron chi connectivity index (χ3n) is 5.93. The number of amides is 2. The van der Waals surface area contributed by atoms with Gasteiger partial charge < -0.3 is 30.3 Å². The van der Waals surface area contributed by atoms with Gasteiger partial charge in [0.2, 0.25) is 10.0 Å². The number of carbonyl (C=O) groups is 1. The number of ether oxygens (including phenoxy) is 2. The van der Waals surface area contributed by atoms with Gasteiger partial charge in [-0.3, -0.25) is 4.52 Å². The molecule has 216 valence electrons. The summed E-state index contributed by atoms with van der Waals surface area (Å²) < 4.78 is 57.5. The molecule has 2 aromatic rings. The Morgan fingerprint density at radius 3 is 2.33 bits per heavy atom. The number of rotatable bonds is 14. The number of benzene rings is 2. The SMILES string of the molecule is CC(C)CN(CC(OP(=O)(O)O)C(Cc1ccccc1)OC1CCOC1)S(=O)(=O)c1ccc(NC(N)=O)cc1. The number of anilines is 1. The Morgan fingerprint density at radius 2 is 1.79 bits per heavy atom. The van der Waals surface area contributed by atoms with Gasteiger partial charge in [-0.1, -0.05) is 44.2 Å². The molecule has 0 aliphatic carbocycles. The van der Waals surface area contributed by atoms with E-state index in [1.54, 1.807) is 0 Å². The van der Waals surface area contributed by atoms with Gasteiger partial charge >= 0.3 is 13.9 Å². The molecular formula is C25H36N3O9PS. The Hall–Kier alpha value is -2.35. The fourth-order valence-corrected chi connectivity index (χ4v) is 6.43. The second-order valence-electron chi connectivity index (χ2n) is 9.71. The molecule has 3 rings (SSSR count). The van der Waals surface area contributed by atoms with Crippen LogP contribution in [-0.4, -0.2) is 73.2 Å². The average Bonchev–Trinajstić information content (AvgIpc) is 3.35. The van der Waals surface area contributed by atoms with Crippen LogP contribution >= 0.6 is 7.82 Å². The lowest BCUT2D eigenvalue weighted by Crippen LogP contribution is -2.47. The van der Waals surface area contributed by atoms with Crippen LogP contribution in [0.1, 0.15) is 25.8 Å². The first kappa shape index (κ1) is 31.2. The Bertz CT molecular complexity index is 1220. The number of phosphoric acid groups is 1. The molecule has 2 aromatic carbocycles. The molecule has 0 radical (unpaired) electrons. The van der Waals surface area contributed by atoms with E-state index in [0.717, 1.165) is 9.87 Å². The summed E-state index contributed by atoms with van der Waals surface area (Å²) in [5.74, 6) is -0.122. The van der Waals surface area contributed by atoms with Crippen molar-refractivity contribution in [3.8, 4) is 0 Å². The zero-order valence-electron chi connectivity index (χ0n) is 21.9. The Kier molecular flexibility index (Phi) is 11.1. The van der Waals surface area contributed by atoms with E-state index < -0.39 is 36.1 Å². The van der Waals surface area contributed by atoms with Gasteiger partial charge in [0.25, 0.3) is 0 Å². The van der Waals surface area contributed by atoms with Gasteiger partial charge in [0.05, 0.1) is 23.7 Å². The molecule has 0 bridgehead atoms. The van der Waals surface area contributed by atoms with Crippen molar-refractivity contribution < 1.29 is 41.6 Å². The molecule has 2 amide bonds. The first-order valence-electron chi connectivity index (χ1n) is 12.5. The van der Waals surface area contributed by atoms with E-state index in [1.807, 2.05) is 44.2 Å². The van der Waals surface area contributed by atoms with Crippen LogP contribution in [0.25, 0.3) is 0 Å². The van der Waals surface area contributed by atoms with Crippen LogP contribution in [0.2, 0.25) is 0 Å². The van der Waals surface area contributed by atoms with Crippen molar-refractivity contribution in [2.45, 2.75) is 49.9 Å². The summed E-state index contributed by atoms with van der Waals surface area (Å²) in [5.41, 5.74) is 6.27. The molecule has 0 spiro atoms. The van der Waals surface area contributed by atoms with Crippen LogP contribution in [0.15, 0.2) is 59.5 Å². The summed E-state index contributed by atoms with van der Waals surface area (Å²) in [6.45, 7) is 4.13. The number of urea groups is 1. The number of carbonyl (C=O) groups excluding carboxylic acids is 1. The minimum absolute atomic E-state index is 0.0508. The maximum Gasteiger partial charge on any atom is 0.469 e. The summed E-state index contributed by atoms with van der Waals surface area (Å²) in [6, 6.07) is 13.8. The molecule has 1 heterocycles. The molecule has 1 fully saturated rings. The lowest BCUT2D eigenvalue weighted by molar-refractivity contribution is -0.0778. The highest BCUT2D eigenvalue weighted by molar-refractivity contribution is 7.89. The van der Waals surface area contributed by atoms with E-state index in [9.17, 15) is 27.6 Å². The van der Waals surface area contributed by atoms with Gasteiger partial charge in [0.1, 0.15) is 6.10 Å². The molecule has 1 saturated heterocycles. The number of nitrogens with one attached hydrogen (secondary N) is 1. The Morgan fingerprint density at radius 1 is 1.13 bits per heavy atom. The first-order chi connectivity index (χ1) is 18.3. The number of sulfonamides is 1. The number of phosphoric ester groups is 1. The summed E-state index contributed by atoms with van der Waals surface area (Å²) in [6.07, 6.45) is -1.71. The van der Waals surface area contributed by atoms with Gasteiger partial charge in [-0.15, -0.1) is 0 Å². The number of primary amides is 1. The monoisotopic (exact) mass is 585 g/mol. The van der Waals surface area contributed by atoms with Crippen LogP contribution in [0.3, 0.4) is 0 Å². The second kappa shape index (κ2) is 13.8. The number of nitrogens with two attached hydrogens (primary N) is 1. The number of hydrogen-bond donors (Lipinski definition) is 4. The minimum atomic E-state index is -5.04. The second-order valence-corrected chi connectivity index (χ2v) is 12.8. The molecule has 0 aromatic heterocycles. The summed E-state index contributed by atoms with van der Waals surface area (Å²) in [7, 11) is -9.19. The van der Waals surface area contributed by atoms with Crippen molar-refractivity contribution in [3.05, 3.63) is 60.2 Å². The number of nitrogens with zero attached hydrogens (tertiary/aromatic N) is 1. The fourth-order valence-electron chi connectivity index (χ4n) is 4.26. The van der Waals surface area contributed by atoms with E-state index in [1.165, 1.54) is 24.3 Å². The van der Waals surface area contributed by atoms with Gasteiger partial charge in [-0.05, 0) is 42.2 Å².